The summed E-state index contributed by atoms with van der Waals surface area (Å²) in [6, 6.07) is 15.8. The summed E-state index contributed by atoms with van der Waals surface area (Å²) in [6.45, 7) is 4.53. The molecule has 0 radical (unpaired) electrons. The molecule has 1 heterocycles. The summed E-state index contributed by atoms with van der Waals surface area (Å²) in [5.74, 6) is 0.664. The van der Waals surface area contributed by atoms with E-state index in [2.05, 4.69) is 22.4 Å². The fraction of sp³-hybridized carbons (Fsp3) is 0.200. The lowest BCUT2D eigenvalue weighted by Gasteiger charge is -2.24. The molecule has 1 aliphatic heterocycles. The van der Waals surface area contributed by atoms with E-state index >= 15 is 0 Å². The number of Topliss-reactive ketones (excluding diaryl/α,β-unsaturated/α-hetero) is 1. The SMILES string of the molecule is CC1=CN(Cc2ccccc2)C(Nc2cccc(Cl)c2C)=NCC1=O. The quantitative estimate of drug-likeness (QED) is 0.889. The number of nitrogens with one attached hydrogen (secondary N) is 1. The zero-order valence-electron chi connectivity index (χ0n) is 14.3. The van der Waals surface area contributed by atoms with Gasteiger partial charge in [-0.1, -0.05) is 48.0 Å². The van der Waals surface area contributed by atoms with Crippen molar-refractivity contribution in [3.8, 4) is 0 Å². The summed E-state index contributed by atoms with van der Waals surface area (Å²) >= 11 is 6.22. The summed E-state index contributed by atoms with van der Waals surface area (Å²) in [7, 11) is 0. The van der Waals surface area contributed by atoms with E-state index in [1.807, 2.05) is 61.3 Å². The van der Waals surface area contributed by atoms with Crippen LogP contribution in [0.25, 0.3) is 0 Å². The van der Waals surface area contributed by atoms with Crippen molar-refractivity contribution in [1.82, 2.24) is 4.90 Å². The molecule has 0 spiro atoms. The highest BCUT2D eigenvalue weighted by atomic mass is 35.5. The minimum absolute atomic E-state index is 0.0256. The minimum atomic E-state index is 0.0256. The molecule has 0 unspecified atom stereocenters. The van der Waals surface area contributed by atoms with E-state index in [4.69, 9.17) is 11.6 Å². The van der Waals surface area contributed by atoms with Gasteiger partial charge in [-0.25, -0.2) is 4.99 Å². The number of carbonyl (C=O) groups excluding carboxylic acids is 1. The van der Waals surface area contributed by atoms with Crippen LogP contribution in [0.5, 0.6) is 0 Å². The molecular weight excluding hydrogens is 334 g/mol. The zero-order chi connectivity index (χ0) is 17.8. The maximum Gasteiger partial charge on any atom is 0.203 e. The number of rotatable bonds is 3. The first-order valence-electron chi connectivity index (χ1n) is 8.13. The first-order chi connectivity index (χ1) is 12.0. The summed E-state index contributed by atoms with van der Waals surface area (Å²) in [5, 5.41) is 4.03. The molecule has 0 saturated heterocycles. The van der Waals surface area contributed by atoms with Crippen LogP contribution in [0.4, 0.5) is 5.69 Å². The van der Waals surface area contributed by atoms with Crippen LogP contribution in [0, 0.1) is 6.92 Å². The molecule has 0 aliphatic carbocycles. The molecule has 0 bridgehead atoms. The number of aliphatic imine (C=N–C) groups is 1. The molecule has 0 fully saturated rings. The van der Waals surface area contributed by atoms with Crippen molar-refractivity contribution in [2.24, 2.45) is 4.99 Å². The van der Waals surface area contributed by atoms with Crippen molar-refractivity contribution in [3.63, 3.8) is 0 Å². The van der Waals surface area contributed by atoms with Crippen molar-refractivity contribution in [1.29, 1.82) is 0 Å². The summed E-state index contributed by atoms with van der Waals surface area (Å²) in [5.41, 5.74) is 3.66. The van der Waals surface area contributed by atoms with Gasteiger partial charge in [0.25, 0.3) is 0 Å². The Kier molecular flexibility index (Phi) is 5.19. The second-order valence-electron chi connectivity index (χ2n) is 6.03. The summed E-state index contributed by atoms with van der Waals surface area (Å²) in [4.78, 5) is 18.5. The van der Waals surface area contributed by atoms with Gasteiger partial charge in [0.1, 0.15) is 6.54 Å². The predicted octanol–water partition coefficient (Wildman–Crippen LogP) is 4.41. The average Bonchev–Trinajstić information content (AvgIpc) is 2.73. The normalized spacial score (nSPS) is 14.7. The van der Waals surface area contributed by atoms with Crippen molar-refractivity contribution in [2.45, 2.75) is 20.4 Å². The molecule has 5 heteroatoms. The highest BCUT2D eigenvalue weighted by Gasteiger charge is 2.18. The Hall–Kier alpha value is -2.59. The maximum atomic E-state index is 12.1. The minimum Gasteiger partial charge on any atom is -0.326 e. The molecule has 128 valence electrons. The van der Waals surface area contributed by atoms with E-state index in [0.29, 0.717) is 23.1 Å². The van der Waals surface area contributed by atoms with Crippen LogP contribution in [0.2, 0.25) is 5.02 Å². The third-order valence-corrected chi connectivity index (χ3v) is 4.55. The fourth-order valence-corrected chi connectivity index (χ4v) is 2.78. The van der Waals surface area contributed by atoms with Gasteiger partial charge in [0.05, 0.1) is 6.54 Å². The fourth-order valence-electron chi connectivity index (χ4n) is 2.60. The molecule has 0 aromatic heterocycles. The Morgan fingerprint density at radius 1 is 1.12 bits per heavy atom. The summed E-state index contributed by atoms with van der Waals surface area (Å²) < 4.78 is 0. The number of carbonyl (C=O) groups is 1. The second-order valence-corrected chi connectivity index (χ2v) is 6.43. The van der Waals surface area contributed by atoms with Crippen LogP contribution >= 0.6 is 11.6 Å². The van der Waals surface area contributed by atoms with Gasteiger partial charge in [-0.3, -0.25) is 4.79 Å². The highest BCUT2D eigenvalue weighted by molar-refractivity contribution is 6.31. The lowest BCUT2D eigenvalue weighted by molar-refractivity contribution is -0.114. The van der Waals surface area contributed by atoms with Crippen LogP contribution < -0.4 is 5.32 Å². The smallest absolute Gasteiger partial charge is 0.203 e. The predicted molar refractivity (Wildman–Crippen MR) is 103 cm³/mol. The van der Waals surface area contributed by atoms with Gasteiger partial charge in [0.15, 0.2) is 5.78 Å². The average molecular weight is 354 g/mol. The number of halogens is 1. The van der Waals surface area contributed by atoms with E-state index in [1.165, 1.54) is 0 Å². The lowest BCUT2D eigenvalue weighted by Crippen LogP contribution is -2.32. The Balaban J connectivity index is 1.93. The molecular formula is C20H20ClN3O. The van der Waals surface area contributed by atoms with Crippen LogP contribution in [0.3, 0.4) is 0 Å². The molecule has 4 nitrogen and oxygen atoms in total. The molecule has 1 N–H and O–H groups in total. The number of hydrogen-bond acceptors (Lipinski definition) is 4. The van der Waals surface area contributed by atoms with Gasteiger partial charge >= 0.3 is 0 Å². The van der Waals surface area contributed by atoms with Crippen molar-refractivity contribution >= 4 is 29.0 Å². The topological polar surface area (TPSA) is 44.7 Å². The summed E-state index contributed by atoms with van der Waals surface area (Å²) in [6.07, 6.45) is 1.86. The Morgan fingerprint density at radius 2 is 1.88 bits per heavy atom. The van der Waals surface area contributed by atoms with Gasteiger partial charge < -0.3 is 10.2 Å². The Labute approximate surface area is 152 Å². The molecule has 0 amide bonds. The van der Waals surface area contributed by atoms with E-state index < -0.39 is 0 Å². The number of nitrogens with zero attached hydrogens (tertiary/aromatic N) is 2. The second kappa shape index (κ2) is 7.53. The monoisotopic (exact) mass is 353 g/mol. The Morgan fingerprint density at radius 3 is 2.64 bits per heavy atom. The van der Waals surface area contributed by atoms with Crippen LogP contribution in [0.15, 0.2) is 65.3 Å². The standard InChI is InChI=1S/C20H20ClN3O/c1-14-12-24(13-16-7-4-3-5-8-16)20(22-11-19(14)25)23-18-10-6-9-17(21)15(18)2/h3-10,12H,11,13H2,1-2H3,(H,22,23). The van der Waals surface area contributed by atoms with Gasteiger partial charge in [0.2, 0.25) is 5.96 Å². The first-order valence-corrected chi connectivity index (χ1v) is 8.51. The van der Waals surface area contributed by atoms with E-state index in [9.17, 15) is 4.79 Å². The molecule has 2 aromatic carbocycles. The van der Waals surface area contributed by atoms with Crippen molar-refractivity contribution in [3.05, 3.63) is 76.5 Å². The van der Waals surface area contributed by atoms with Crippen LogP contribution in [-0.4, -0.2) is 23.2 Å². The van der Waals surface area contributed by atoms with Gasteiger partial charge in [0, 0.05) is 22.5 Å². The Bertz CT molecular complexity index is 843. The highest BCUT2D eigenvalue weighted by Crippen LogP contribution is 2.24. The molecule has 2 aromatic rings. The molecule has 1 aliphatic rings. The van der Waals surface area contributed by atoms with Gasteiger partial charge in [-0.05, 0) is 37.1 Å². The molecule has 25 heavy (non-hydrogen) atoms. The maximum absolute atomic E-state index is 12.1. The lowest BCUT2D eigenvalue weighted by atomic mass is 10.2. The van der Waals surface area contributed by atoms with Crippen LogP contribution in [0.1, 0.15) is 18.1 Å². The van der Waals surface area contributed by atoms with Gasteiger partial charge in [-0.2, -0.15) is 0 Å². The number of guanidine groups is 1. The van der Waals surface area contributed by atoms with Gasteiger partial charge in [-0.15, -0.1) is 0 Å². The van der Waals surface area contributed by atoms with Crippen LogP contribution in [-0.2, 0) is 11.3 Å². The molecule has 0 atom stereocenters. The largest absolute Gasteiger partial charge is 0.326 e. The van der Waals surface area contributed by atoms with E-state index in [0.717, 1.165) is 16.8 Å². The number of anilines is 1. The number of benzene rings is 2. The number of ketones is 1. The number of hydrogen-bond donors (Lipinski definition) is 1. The third kappa shape index (κ3) is 4.09. The first kappa shape index (κ1) is 17.2. The molecule has 0 saturated carbocycles. The van der Waals surface area contributed by atoms with E-state index in [1.54, 1.807) is 0 Å². The van der Waals surface area contributed by atoms with E-state index in [-0.39, 0.29) is 12.3 Å². The van der Waals surface area contributed by atoms with Crippen molar-refractivity contribution in [2.75, 3.05) is 11.9 Å². The third-order valence-electron chi connectivity index (χ3n) is 4.14. The zero-order valence-corrected chi connectivity index (χ0v) is 15.0. The molecule has 3 rings (SSSR count). The van der Waals surface area contributed by atoms with Crippen molar-refractivity contribution < 1.29 is 4.79 Å².